The lowest BCUT2D eigenvalue weighted by molar-refractivity contribution is -0.156. The fraction of sp³-hybridized carbons (Fsp3) is 0.636. The Morgan fingerprint density at radius 1 is 1.06 bits per heavy atom. The Morgan fingerprint density at radius 3 is 2.52 bits per heavy atom. The van der Waals surface area contributed by atoms with Crippen LogP contribution < -0.4 is 5.32 Å². The van der Waals surface area contributed by atoms with Crippen molar-refractivity contribution in [2.45, 2.75) is 43.6 Å². The van der Waals surface area contributed by atoms with Crippen LogP contribution in [0.2, 0.25) is 10.0 Å². The number of urea groups is 1. The van der Waals surface area contributed by atoms with Crippen molar-refractivity contribution in [2.75, 3.05) is 51.4 Å². The fourth-order valence-electron chi connectivity index (χ4n) is 4.53. The van der Waals surface area contributed by atoms with E-state index in [1.807, 2.05) is 0 Å². The molecule has 2 N–H and O–H groups in total. The van der Waals surface area contributed by atoms with Crippen molar-refractivity contribution in [1.82, 2.24) is 9.80 Å². The number of anilines is 1. The van der Waals surface area contributed by atoms with Crippen LogP contribution in [0.25, 0.3) is 0 Å². The van der Waals surface area contributed by atoms with E-state index in [1.54, 1.807) is 28.0 Å². The fourth-order valence-corrected chi connectivity index (χ4v) is 5.06. The third-order valence-electron chi connectivity index (χ3n) is 6.12. The van der Waals surface area contributed by atoms with Crippen molar-refractivity contribution in [1.29, 1.82) is 0 Å². The molecule has 9 nitrogen and oxygen atoms in total. The first kappa shape index (κ1) is 24.5. The maximum absolute atomic E-state index is 13.2. The van der Waals surface area contributed by atoms with Gasteiger partial charge >= 0.3 is 6.03 Å². The van der Waals surface area contributed by atoms with Gasteiger partial charge in [0.15, 0.2) is 0 Å². The number of carbonyl (C=O) groups excluding carboxylic acids is 2. The molecule has 1 aromatic carbocycles. The third kappa shape index (κ3) is 6.49. The van der Waals surface area contributed by atoms with Crippen LogP contribution in [0.4, 0.5) is 10.5 Å². The summed E-state index contributed by atoms with van der Waals surface area (Å²) in [5.41, 5.74) is 0.465. The topological polar surface area (TPSA) is 101 Å². The summed E-state index contributed by atoms with van der Waals surface area (Å²) in [4.78, 5) is 29.2. The van der Waals surface area contributed by atoms with Gasteiger partial charge in [0.25, 0.3) is 0 Å². The molecule has 3 aliphatic rings. The molecule has 4 rings (SSSR count). The number of nitrogens with zero attached hydrogens (tertiary/aromatic N) is 2. The summed E-state index contributed by atoms with van der Waals surface area (Å²) in [5, 5.41) is 13.9. The van der Waals surface area contributed by atoms with Crippen molar-refractivity contribution in [3.63, 3.8) is 0 Å². The highest BCUT2D eigenvalue weighted by Gasteiger charge is 2.40. The maximum Gasteiger partial charge on any atom is 0.322 e. The van der Waals surface area contributed by atoms with Crippen molar-refractivity contribution in [2.24, 2.45) is 0 Å². The lowest BCUT2D eigenvalue weighted by atomic mass is 9.94. The van der Waals surface area contributed by atoms with Gasteiger partial charge in [-0.2, -0.15) is 0 Å². The van der Waals surface area contributed by atoms with Crippen LogP contribution in [-0.4, -0.2) is 97.3 Å². The summed E-state index contributed by atoms with van der Waals surface area (Å²) in [7, 11) is 0. The molecule has 4 atom stereocenters. The molecule has 0 bridgehead atoms. The first-order valence-electron chi connectivity index (χ1n) is 11.2. The van der Waals surface area contributed by atoms with Gasteiger partial charge in [-0.05, 0) is 31.0 Å². The molecule has 1 aromatic rings. The Labute approximate surface area is 202 Å². The van der Waals surface area contributed by atoms with Gasteiger partial charge in [-0.3, -0.25) is 4.79 Å². The molecule has 0 saturated carbocycles. The Bertz CT molecular complexity index is 833. The van der Waals surface area contributed by atoms with E-state index in [1.165, 1.54) is 0 Å². The van der Waals surface area contributed by atoms with Crippen LogP contribution in [0.1, 0.15) is 19.3 Å². The molecule has 11 heteroatoms. The van der Waals surface area contributed by atoms with E-state index in [0.29, 0.717) is 61.3 Å². The molecule has 3 amide bonds. The van der Waals surface area contributed by atoms with Gasteiger partial charge in [0.1, 0.15) is 6.10 Å². The number of benzene rings is 1. The second-order valence-corrected chi connectivity index (χ2v) is 9.44. The average molecular weight is 502 g/mol. The molecule has 33 heavy (non-hydrogen) atoms. The lowest BCUT2D eigenvalue weighted by Crippen LogP contribution is -2.58. The van der Waals surface area contributed by atoms with Gasteiger partial charge in [0, 0.05) is 28.8 Å². The van der Waals surface area contributed by atoms with Gasteiger partial charge in [-0.25, -0.2) is 4.79 Å². The summed E-state index contributed by atoms with van der Waals surface area (Å²) >= 11 is 12.1. The minimum Gasteiger partial charge on any atom is -0.389 e. The number of hydrogen-bond acceptors (Lipinski definition) is 6. The highest BCUT2D eigenvalue weighted by Crippen LogP contribution is 2.29. The number of nitrogens with one attached hydrogen (secondary N) is 1. The van der Waals surface area contributed by atoms with Gasteiger partial charge in [-0.1, -0.05) is 23.2 Å². The van der Waals surface area contributed by atoms with E-state index in [2.05, 4.69) is 5.32 Å². The predicted molar refractivity (Wildman–Crippen MR) is 123 cm³/mol. The normalized spacial score (nSPS) is 28.5. The summed E-state index contributed by atoms with van der Waals surface area (Å²) in [6, 6.07) is 4.12. The SMILES string of the molecule is O=C(C[C@@H]1CC[C@H]2[C@@H](COC[C@H](O)CN2C(=O)Nc2cc(Cl)cc(Cl)c2)O1)N1CCOCC1. The largest absolute Gasteiger partial charge is 0.389 e. The van der Waals surface area contributed by atoms with Crippen molar-refractivity contribution < 1.29 is 28.9 Å². The second-order valence-electron chi connectivity index (χ2n) is 8.57. The number of rotatable bonds is 3. The van der Waals surface area contributed by atoms with E-state index >= 15 is 0 Å². The summed E-state index contributed by atoms with van der Waals surface area (Å²) < 4.78 is 17.2. The van der Waals surface area contributed by atoms with Gasteiger partial charge < -0.3 is 34.4 Å². The number of fused-ring (bicyclic) bond motifs is 1. The molecule has 182 valence electrons. The van der Waals surface area contributed by atoms with Crippen LogP contribution in [0.3, 0.4) is 0 Å². The molecular formula is C22H29Cl2N3O6. The molecule has 0 unspecified atom stereocenters. The molecule has 0 aromatic heterocycles. The quantitative estimate of drug-likeness (QED) is 0.659. The molecule has 0 radical (unpaired) electrons. The number of β-amino-alcohol motifs (C(OH)–C–C–N with tert-alkyl or cyclic N) is 1. The summed E-state index contributed by atoms with van der Waals surface area (Å²) in [6.45, 7) is 2.73. The Hall–Kier alpha value is -1.62. The van der Waals surface area contributed by atoms with Crippen LogP contribution >= 0.6 is 23.2 Å². The molecule has 3 heterocycles. The Balaban J connectivity index is 1.42. The number of aliphatic hydroxyl groups excluding tert-OH is 1. The number of amides is 3. The van der Waals surface area contributed by atoms with Gasteiger partial charge in [0.2, 0.25) is 5.91 Å². The van der Waals surface area contributed by atoms with E-state index in [4.69, 9.17) is 37.4 Å². The van der Waals surface area contributed by atoms with Crippen LogP contribution in [0, 0.1) is 0 Å². The molecular weight excluding hydrogens is 473 g/mol. The van der Waals surface area contributed by atoms with E-state index in [9.17, 15) is 14.7 Å². The summed E-state index contributed by atoms with van der Waals surface area (Å²) in [6.07, 6.45) is 0.0823. The number of halogens is 2. The standard InChI is InChI=1S/C22H29Cl2N3O6/c23-14-7-15(24)9-16(8-14)25-22(30)27-11-17(28)12-32-13-20-19(27)2-1-18(33-20)10-21(29)26-3-5-31-6-4-26/h7-9,17-20,28H,1-6,10-13H2,(H,25,30)/t17-,18+,19+,20-/m1/s1. The molecule has 0 spiro atoms. The highest BCUT2D eigenvalue weighted by atomic mass is 35.5. The average Bonchev–Trinajstić information content (AvgIpc) is 2.76. The minimum absolute atomic E-state index is 0.0522. The number of hydrogen-bond donors (Lipinski definition) is 2. The minimum atomic E-state index is -0.819. The van der Waals surface area contributed by atoms with Gasteiger partial charge in [0.05, 0.1) is 57.6 Å². The first-order valence-corrected chi connectivity index (χ1v) is 11.9. The van der Waals surface area contributed by atoms with Crippen molar-refractivity contribution >= 4 is 40.8 Å². The van der Waals surface area contributed by atoms with E-state index < -0.39 is 12.2 Å². The Kier molecular flexibility index (Phi) is 8.32. The smallest absolute Gasteiger partial charge is 0.322 e. The van der Waals surface area contributed by atoms with E-state index in [-0.39, 0.29) is 43.8 Å². The second kappa shape index (κ2) is 11.2. The number of ether oxygens (including phenoxy) is 3. The first-order chi connectivity index (χ1) is 15.9. The van der Waals surface area contributed by atoms with Gasteiger partial charge in [-0.15, -0.1) is 0 Å². The number of morpholine rings is 1. The number of aliphatic hydroxyl groups is 1. The monoisotopic (exact) mass is 501 g/mol. The van der Waals surface area contributed by atoms with Crippen LogP contribution in [0.5, 0.6) is 0 Å². The predicted octanol–water partition coefficient (Wildman–Crippen LogP) is 2.38. The molecule has 3 aliphatic heterocycles. The van der Waals surface area contributed by atoms with Crippen molar-refractivity contribution in [3.8, 4) is 0 Å². The lowest BCUT2D eigenvalue weighted by Gasteiger charge is -2.44. The van der Waals surface area contributed by atoms with Crippen molar-refractivity contribution in [3.05, 3.63) is 28.2 Å². The Morgan fingerprint density at radius 2 is 1.79 bits per heavy atom. The molecule has 3 fully saturated rings. The van der Waals surface area contributed by atoms with Crippen LogP contribution in [0.15, 0.2) is 18.2 Å². The number of carbonyl (C=O) groups is 2. The third-order valence-corrected chi connectivity index (χ3v) is 6.56. The van der Waals surface area contributed by atoms with Crippen LogP contribution in [-0.2, 0) is 19.0 Å². The zero-order valence-corrected chi connectivity index (χ0v) is 19.8. The summed E-state index contributed by atoms with van der Waals surface area (Å²) in [5.74, 6) is 0.0522. The zero-order valence-electron chi connectivity index (χ0n) is 18.3. The molecule has 3 saturated heterocycles. The zero-order chi connectivity index (χ0) is 23.4. The highest BCUT2D eigenvalue weighted by molar-refractivity contribution is 6.35. The maximum atomic E-state index is 13.2. The molecule has 0 aliphatic carbocycles. The van der Waals surface area contributed by atoms with E-state index in [0.717, 1.165) is 0 Å².